The minimum Gasteiger partial charge on any atom is -0.481 e. The smallest absolute Gasteiger partial charge is 0.306 e. The Labute approximate surface area is 249 Å². The summed E-state index contributed by atoms with van der Waals surface area (Å²) in [5.41, 5.74) is 4.41. The second-order valence-electron chi connectivity index (χ2n) is 13.5. The number of carboxylic acid groups (broad SMARTS) is 1. The Morgan fingerprint density at radius 3 is 2.15 bits per heavy atom. The molecule has 0 saturated carbocycles. The largest absolute Gasteiger partial charge is 0.481 e. The normalized spacial score (nSPS) is 23.6. The maximum Gasteiger partial charge on any atom is 0.306 e. The summed E-state index contributed by atoms with van der Waals surface area (Å²) < 4.78 is 0. The Balaban J connectivity index is 2.38. The number of unbranched alkanes of at least 4 members (excludes halogenated alkanes) is 6. The van der Waals surface area contributed by atoms with Gasteiger partial charge < -0.3 is 10.2 Å². The molecule has 0 radical (unpaired) electrons. The SMILES string of the molecule is CCCCCCCCCC1C(CCC(C)CCC/C(C)=C/CC/C(C)=C/CCC(C)C(=O)O)=CC(O)C(C)C1C. The number of carboxylic acids is 1. The minimum atomic E-state index is -0.698. The summed E-state index contributed by atoms with van der Waals surface area (Å²) in [6.45, 7) is 15.5. The van der Waals surface area contributed by atoms with Gasteiger partial charge in [-0.1, -0.05) is 121 Å². The molecule has 0 aliphatic heterocycles. The van der Waals surface area contributed by atoms with E-state index in [0.717, 1.165) is 38.0 Å². The van der Waals surface area contributed by atoms with Gasteiger partial charge in [0.1, 0.15) is 0 Å². The molecule has 0 spiro atoms. The number of aliphatic hydroxyl groups is 1. The van der Waals surface area contributed by atoms with E-state index < -0.39 is 5.97 Å². The van der Waals surface area contributed by atoms with Gasteiger partial charge in [-0.05, 0) is 95.3 Å². The first kappa shape index (κ1) is 36.7. The first-order valence-corrected chi connectivity index (χ1v) is 17.0. The Morgan fingerprint density at radius 1 is 0.850 bits per heavy atom. The van der Waals surface area contributed by atoms with E-state index in [1.54, 1.807) is 12.5 Å². The van der Waals surface area contributed by atoms with E-state index in [9.17, 15) is 9.90 Å². The maximum absolute atomic E-state index is 10.9. The third-order valence-corrected chi connectivity index (χ3v) is 9.72. The fourth-order valence-electron chi connectivity index (χ4n) is 6.29. The van der Waals surface area contributed by atoms with Crippen LogP contribution < -0.4 is 0 Å². The van der Waals surface area contributed by atoms with E-state index >= 15 is 0 Å². The standard InChI is InChI=1S/C37H66O3/c1-8-9-10-11-12-13-14-24-35-32(6)33(7)36(38)27-34(35)26-25-30(4)21-16-20-28(2)18-15-19-29(3)22-17-23-31(5)37(39)40/h18,22,27,30-33,35-36,38H,8-17,19-21,23-26H2,1-7H3,(H,39,40)/b28-18+,29-22+. The van der Waals surface area contributed by atoms with Gasteiger partial charge in [-0.25, -0.2) is 0 Å². The number of rotatable bonds is 22. The molecular formula is C37H66O3. The van der Waals surface area contributed by atoms with Crippen molar-refractivity contribution < 1.29 is 15.0 Å². The summed E-state index contributed by atoms with van der Waals surface area (Å²) in [6.07, 6.45) is 27.2. The predicted octanol–water partition coefficient (Wildman–Crippen LogP) is 11.1. The molecule has 0 heterocycles. The van der Waals surface area contributed by atoms with Crippen molar-refractivity contribution in [2.75, 3.05) is 0 Å². The summed E-state index contributed by atoms with van der Waals surface area (Å²) in [5.74, 6) is 1.36. The van der Waals surface area contributed by atoms with E-state index in [4.69, 9.17) is 5.11 Å². The highest BCUT2D eigenvalue weighted by Gasteiger charge is 2.33. The molecule has 3 heteroatoms. The van der Waals surface area contributed by atoms with Crippen molar-refractivity contribution in [1.29, 1.82) is 0 Å². The second kappa shape index (κ2) is 21.4. The summed E-state index contributed by atoms with van der Waals surface area (Å²) in [4.78, 5) is 10.9. The van der Waals surface area contributed by atoms with E-state index in [1.807, 2.05) is 0 Å². The van der Waals surface area contributed by atoms with Gasteiger partial charge in [0.25, 0.3) is 0 Å². The van der Waals surface area contributed by atoms with Gasteiger partial charge in [-0.15, -0.1) is 0 Å². The second-order valence-corrected chi connectivity index (χ2v) is 13.5. The topological polar surface area (TPSA) is 57.5 Å². The molecule has 0 aromatic carbocycles. The molecule has 2 N–H and O–H groups in total. The van der Waals surface area contributed by atoms with Crippen LogP contribution in [0.1, 0.15) is 158 Å². The lowest BCUT2D eigenvalue weighted by Crippen LogP contribution is -2.34. The molecule has 1 rings (SSSR count). The molecule has 0 aromatic rings. The number of aliphatic hydroxyl groups excluding tert-OH is 1. The lowest BCUT2D eigenvalue weighted by molar-refractivity contribution is -0.141. The summed E-state index contributed by atoms with van der Waals surface area (Å²) in [5, 5.41) is 19.7. The molecule has 6 unspecified atom stereocenters. The maximum atomic E-state index is 10.9. The van der Waals surface area contributed by atoms with Crippen molar-refractivity contribution in [1.82, 2.24) is 0 Å². The Hall–Kier alpha value is -1.35. The number of allylic oxidation sites excluding steroid dienone is 5. The highest BCUT2D eigenvalue weighted by atomic mass is 16.4. The Kier molecular flexibility index (Phi) is 19.6. The third kappa shape index (κ3) is 15.6. The van der Waals surface area contributed by atoms with E-state index in [1.165, 1.54) is 88.2 Å². The van der Waals surface area contributed by atoms with Gasteiger partial charge in [-0.2, -0.15) is 0 Å². The predicted molar refractivity (Wildman–Crippen MR) is 174 cm³/mol. The van der Waals surface area contributed by atoms with Crippen LogP contribution >= 0.6 is 0 Å². The minimum absolute atomic E-state index is 0.261. The van der Waals surface area contributed by atoms with Crippen LogP contribution in [-0.2, 0) is 4.79 Å². The highest BCUT2D eigenvalue weighted by molar-refractivity contribution is 5.69. The summed E-state index contributed by atoms with van der Waals surface area (Å²) in [6, 6.07) is 0. The fourth-order valence-corrected chi connectivity index (χ4v) is 6.29. The summed E-state index contributed by atoms with van der Waals surface area (Å²) in [7, 11) is 0. The van der Waals surface area contributed by atoms with Crippen molar-refractivity contribution in [3.63, 3.8) is 0 Å². The van der Waals surface area contributed by atoms with Crippen molar-refractivity contribution in [3.8, 4) is 0 Å². The molecule has 0 bridgehead atoms. The van der Waals surface area contributed by atoms with Crippen LogP contribution in [0.2, 0.25) is 0 Å². The van der Waals surface area contributed by atoms with Crippen LogP contribution in [0, 0.1) is 29.6 Å². The lowest BCUT2D eigenvalue weighted by atomic mass is 9.69. The average Bonchev–Trinajstić information content (AvgIpc) is 2.91. The van der Waals surface area contributed by atoms with Crippen LogP contribution in [0.25, 0.3) is 0 Å². The number of carbonyl (C=O) groups is 1. The molecule has 40 heavy (non-hydrogen) atoms. The monoisotopic (exact) mass is 559 g/mol. The van der Waals surface area contributed by atoms with Crippen LogP contribution in [-0.4, -0.2) is 22.3 Å². The van der Waals surface area contributed by atoms with Crippen LogP contribution in [0.3, 0.4) is 0 Å². The fraction of sp³-hybridized carbons (Fsp3) is 0.811. The van der Waals surface area contributed by atoms with E-state index in [0.29, 0.717) is 17.8 Å². The van der Waals surface area contributed by atoms with E-state index in [2.05, 4.69) is 59.8 Å². The van der Waals surface area contributed by atoms with Crippen LogP contribution in [0.5, 0.6) is 0 Å². The third-order valence-electron chi connectivity index (χ3n) is 9.72. The quantitative estimate of drug-likeness (QED) is 0.103. The Morgan fingerprint density at radius 2 is 1.48 bits per heavy atom. The number of hydrogen-bond acceptors (Lipinski definition) is 2. The van der Waals surface area contributed by atoms with Crippen molar-refractivity contribution >= 4 is 5.97 Å². The van der Waals surface area contributed by atoms with Crippen LogP contribution in [0.15, 0.2) is 34.9 Å². The van der Waals surface area contributed by atoms with Crippen molar-refractivity contribution in [3.05, 3.63) is 34.9 Å². The van der Waals surface area contributed by atoms with Crippen LogP contribution in [0.4, 0.5) is 0 Å². The number of aliphatic carboxylic acids is 1. The lowest BCUT2D eigenvalue weighted by Gasteiger charge is -2.38. The van der Waals surface area contributed by atoms with Gasteiger partial charge in [0.05, 0.1) is 12.0 Å². The molecule has 1 aliphatic rings. The zero-order chi connectivity index (χ0) is 29.9. The molecule has 3 nitrogen and oxygen atoms in total. The molecular weight excluding hydrogens is 492 g/mol. The van der Waals surface area contributed by atoms with Crippen molar-refractivity contribution in [2.24, 2.45) is 29.6 Å². The number of hydrogen-bond donors (Lipinski definition) is 2. The molecule has 0 aromatic heterocycles. The van der Waals surface area contributed by atoms with Gasteiger partial charge in [0, 0.05) is 0 Å². The van der Waals surface area contributed by atoms with Gasteiger partial charge in [0.2, 0.25) is 0 Å². The first-order valence-electron chi connectivity index (χ1n) is 17.0. The summed E-state index contributed by atoms with van der Waals surface area (Å²) >= 11 is 0. The van der Waals surface area contributed by atoms with Crippen molar-refractivity contribution in [2.45, 2.75) is 164 Å². The Bertz CT molecular complexity index is 776. The molecule has 0 saturated heterocycles. The molecule has 6 atom stereocenters. The molecule has 0 fully saturated rings. The first-order chi connectivity index (χ1) is 19.1. The molecule has 1 aliphatic carbocycles. The van der Waals surface area contributed by atoms with Gasteiger partial charge in [-0.3, -0.25) is 4.79 Å². The molecule has 232 valence electrons. The average molecular weight is 559 g/mol. The highest BCUT2D eigenvalue weighted by Crippen LogP contribution is 2.40. The van der Waals surface area contributed by atoms with Gasteiger partial charge >= 0.3 is 5.97 Å². The van der Waals surface area contributed by atoms with E-state index in [-0.39, 0.29) is 12.0 Å². The van der Waals surface area contributed by atoms with Gasteiger partial charge in [0.15, 0.2) is 0 Å². The zero-order valence-corrected chi connectivity index (χ0v) is 27.5. The zero-order valence-electron chi connectivity index (χ0n) is 27.5. The molecule has 0 amide bonds.